The number of rotatable bonds is 5. The number of para-hydroxylation sites is 1. The predicted molar refractivity (Wildman–Crippen MR) is 117 cm³/mol. The lowest BCUT2D eigenvalue weighted by atomic mass is 10.2. The van der Waals surface area contributed by atoms with Gasteiger partial charge in [-0.3, -0.25) is 4.79 Å². The Morgan fingerprint density at radius 2 is 1.91 bits per heavy atom. The van der Waals surface area contributed by atoms with E-state index in [2.05, 4.69) is 20.4 Å². The second-order valence-electron chi connectivity index (χ2n) is 6.75. The highest BCUT2D eigenvalue weighted by Crippen LogP contribution is 2.35. The first-order valence-electron chi connectivity index (χ1n) is 9.32. The van der Waals surface area contributed by atoms with Gasteiger partial charge in [-0.15, -0.1) is 0 Å². The summed E-state index contributed by atoms with van der Waals surface area (Å²) in [7, 11) is 0. The second kappa shape index (κ2) is 8.79. The van der Waals surface area contributed by atoms with Crippen molar-refractivity contribution in [2.75, 3.05) is 5.32 Å². The van der Waals surface area contributed by atoms with Gasteiger partial charge in [-0.2, -0.15) is 18.3 Å². The van der Waals surface area contributed by atoms with E-state index in [-0.39, 0.29) is 10.7 Å². The molecule has 2 heterocycles. The van der Waals surface area contributed by atoms with Crippen LogP contribution in [0.2, 0.25) is 5.02 Å². The molecular formula is C21H15ClF3N5OS. The van der Waals surface area contributed by atoms with E-state index in [1.165, 1.54) is 6.33 Å². The molecule has 0 saturated heterocycles. The molecule has 0 spiro atoms. The normalized spacial score (nSPS) is 12.7. The van der Waals surface area contributed by atoms with Gasteiger partial charge in [0.15, 0.2) is 5.65 Å². The number of hydrogen-bond donors (Lipinski definition) is 1. The van der Waals surface area contributed by atoms with Gasteiger partial charge in [0.05, 0.1) is 38.8 Å². The van der Waals surface area contributed by atoms with Gasteiger partial charge in [-0.25, -0.2) is 14.6 Å². The van der Waals surface area contributed by atoms with Crippen molar-refractivity contribution in [3.8, 4) is 5.69 Å². The zero-order valence-corrected chi connectivity index (χ0v) is 18.0. The van der Waals surface area contributed by atoms with Crippen molar-refractivity contribution in [3.05, 3.63) is 71.6 Å². The van der Waals surface area contributed by atoms with Crippen LogP contribution in [-0.4, -0.2) is 30.9 Å². The maximum atomic E-state index is 13.0. The summed E-state index contributed by atoms with van der Waals surface area (Å²) in [5, 5.41) is 7.34. The third-order valence-corrected chi connectivity index (χ3v) is 5.99. The van der Waals surface area contributed by atoms with Crippen LogP contribution < -0.4 is 5.32 Å². The minimum absolute atomic E-state index is 0.0112. The van der Waals surface area contributed by atoms with E-state index in [1.54, 1.807) is 17.8 Å². The van der Waals surface area contributed by atoms with Crippen LogP contribution in [0, 0.1) is 0 Å². The van der Waals surface area contributed by atoms with Gasteiger partial charge in [0.1, 0.15) is 11.4 Å². The minimum atomic E-state index is -4.55. The van der Waals surface area contributed by atoms with Crippen LogP contribution in [0.5, 0.6) is 0 Å². The molecule has 0 fully saturated rings. The fraction of sp³-hybridized carbons (Fsp3) is 0.143. The molecule has 32 heavy (non-hydrogen) atoms. The Bertz CT molecular complexity index is 1280. The summed E-state index contributed by atoms with van der Waals surface area (Å²) >= 11 is 7.12. The number of fused-ring (bicyclic) bond motifs is 1. The van der Waals surface area contributed by atoms with E-state index in [0.717, 1.165) is 35.6 Å². The number of carbonyl (C=O) groups excluding carboxylic acids is 1. The Morgan fingerprint density at radius 3 is 2.62 bits per heavy atom. The Labute approximate surface area is 189 Å². The Kier molecular flexibility index (Phi) is 6.07. The van der Waals surface area contributed by atoms with Crippen molar-refractivity contribution in [1.29, 1.82) is 0 Å². The fourth-order valence-electron chi connectivity index (χ4n) is 2.93. The molecule has 2 aromatic heterocycles. The van der Waals surface area contributed by atoms with Gasteiger partial charge in [-0.05, 0) is 37.3 Å². The van der Waals surface area contributed by atoms with Crippen molar-refractivity contribution < 1.29 is 18.0 Å². The zero-order chi connectivity index (χ0) is 22.9. The van der Waals surface area contributed by atoms with Gasteiger partial charge in [0, 0.05) is 0 Å². The highest BCUT2D eigenvalue weighted by Gasteiger charge is 2.31. The lowest BCUT2D eigenvalue weighted by molar-refractivity contribution is -0.137. The Hall–Kier alpha value is -3.11. The zero-order valence-electron chi connectivity index (χ0n) is 16.5. The first-order valence-corrected chi connectivity index (χ1v) is 10.6. The second-order valence-corrected chi connectivity index (χ2v) is 8.49. The molecule has 0 aliphatic heterocycles. The van der Waals surface area contributed by atoms with Gasteiger partial charge in [0.2, 0.25) is 5.91 Å². The van der Waals surface area contributed by atoms with E-state index in [9.17, 15) is 18.0 Å². The van der Waals surface area contributed by atoms with Crippen LogP contribution >= 0.6 is 23.4 Å². The third kappa shape index (κ3) is 4.56. The number of halogens is 4. The summed E-state index contributed by atoms with van der Waals surface area (Å²) < 4.78 is 40.6. The minimum Gasteiger partial charge on any atom is -0.324 e. The van der Waals surface area contributed by atoms with Crippen LogP contribution in [0.15, 0.2) is 66.1 Å². The molecule has 0 radical (unpaired) electrons. The highest BCUT2D eigenvalue weighted by molar-refractivity contribution is 8.00. The molecular weight excluding hydrogens is 463 g/mol. The summed E-state index contributed by atoms with van der Waals surface area (Å²) in [5.74, 6) is -0.515. The molecule has 164 valence electrons. The maximum Gasteiger partial charge on any atom is 0.416 e. The number of nitrogens with zero attached hydrogens (tertiary/aromatic N) is 4. The summed E-state index contributed by atoms with van der Waals surface area (Å²) in [6, 6.07) is 12.2. The predicted octanol–water partition coefficient (Wildman–Crippen LogP) is 5.61. The van der Waals surface area contributed by atoms with E-state index in [0.29, 0.717) is 16.1 Å². The fourth-order valence-corrected chi connectivity index (χ4v) is 3.97. The van der Waals surface area contributed by atoms with Crippen molar-refractivity contribution in [1.82, 2.24) is 19.7 Å². The third-order valence-electron chi connectivity index (χ3n) is 4.54. The summed E-state index contributed by atoms with van der Waals surface area (Å²) in [6.45, 7) is 1.62. The molecule has 1 atom stereocenters. The number of nitrogens with one attached hydrogen (secondary N) is 1. The van der Waals surface area contributed by atoms with E-state index in [4.69, 9.17) is 11.6 Å². The number of benzene rings is 2. The van der Waals surface area contributed by atoms with Crippen molar-refractivity contribution in [3.63, 3.8) is 0 Å². The highest BCUT2D eigenvalue weighted by atomic mass is 35.5. The topological polar surface area (TPSA) is 72.7 Å². The molecule has 4 aromatic rings. The SMILES string of the molecule is CC(Sc1ncnc2c1cnn2-c1ccccc1)C(=O)Nc1cc(C(F)(F)F)ccc1Cl. The number of carbonyl (C=O) groups is 1. The van der Waals surface area contributed by atoms with Gasteiger partial charge in [-0.1, -0.05) is 41.6 Å². The lowest BCUT2D eigenvalue weighted by Crippen LogP contribution is -2.23. The standard InChI is InChI=1S/C21H15ClF3N5OS/c1-12(19(31)29-17-9-13(21(23,24)25)7-8-16(17)22)32-20-15-10-28-30(18(15)26-11-27-20)14-5-3-2-4-6-14/h2-12H,1H3,(H,29,31). The first-order chi connectivity index (χ1) is 15.2. The first kappa shape index (κ1) is 22.1. The molecule has 0 bridgehead atoms. The van der Waals surface area contributed by atoms with Crippen molar-refractivity contribution in [2.45, 2.75) is 23.4 Å². The molecule has 0 aliphatic carbocycles. The molecule has 11 heteroatoms. The van der Waals surface area contributed by atoms with Crippen LogP contribution in [0.3, 0.4) is 0 Å². The smallest absolute Gasteiger partial charge is 0.324 e. The summed E-state index contributed by atoms with van der Waals surface area (Å²) in [5.41, 5.74) is 0.386. The maximum absolute atomic E-state index is 13.0. The van der Waals surface area contributed by atoms with Crippen LogP contribution in [0.4, 0.5) is 18.9 Å². The molecule has 1 N–H and O–H groups in total. The Morgan fingerprint density at radius 1 is 1.16 bits per heavy atom. The van der Waals surface area contributed by atoms with Gasteiger partial charge in [0.25, 0.3) is 0 Å². The summed E-state index contributed by atoms with van der Waals surface area (Å²) in [4.78, 5) is 21.2. The average molecular weight is 478 g/mol. The number of anilines is 1. The average Bonchev–Trinajstić information content (AvgIpc) is 3.20. The number of alkyl halides is 3. The van der Waals surface area contributed by atoms with Crippen LogP contribution in [0.1, 0.15) is 12.5 Å². The molecule has 1 amide bonds. The molecule has 0 saturated carbocycles. The lowest BCUT2D eigenvalue weighted by Gasteiger charge is -2.14. The largest absolute Gasteiger partial charge is 0.416 e. The van der Waals surface area contributed by atoms with E-state index in [1.807, 2.05) is 30.3 Å². The number of hydrogen-bond acceptors (Lipinski definition) is 5. The van der Waals surface area contributed by atoms with Gasteiger partial charge >= 0.3 is 6.18 Å². The van der Waals surface area contributed by atoms with Crippen LogP contribution in [-0.2, 0) is 11.0 Å². The van der Waals surface area contributed by atoms with Crippen molar-refractivity contribution in [2.24, 2.45) is 0 Å². The molecule has 6 nitrogen and oxygen atoms in total. The Balaban J connectivity index is 1.55. The van der Waals surface area contributed by atoms with E-state index < -0.39 is 22.9 Å². The quantitative estimate of drug-likeness (QED) is 0.299. The molecule has 1 unspecified atom stereocenters. The van der Waals surface area contributed by atoms with Crippen LogP contribution in [0.25, 0.3) is 16.7 Å². The number of amides is 1. The molecule has 4 rings (SSSR count). The summed E-state index contributed by atoms with van der Waals surface area (Å²) in [6.07, 6.45) is -1.56. The van der Waals surface area contributed by atoms with Gasteiger partial charge < -0.3 is 5.32 Å². The van der Waals surface area contributed by atoms with E-state index >= 15 is 0 Å². The molecule has 0 aliphatic rings. The number of aromatic nitrogens is 4. The monoisotopic (exact) mass is 477 g/mol. The molecule has 2 aromatic carbocycles. The van der Waals surface area contributed by atoms with Crippen molar-refractivity contribution >= 4 is 46.0 Å². The number of thioether (sulfide) groups is 1.